The number of Topliss-reactive ketones (excluding diaryl/α,β-unsaturated/α-hetero) is 2. The van der Waals surface area contributed by atoms with E-state index in [1.54, 1.807) is 0 Å². The highest BCUT2D eigenvalue weighted by Crippen LogP contribution is 2.73. The van der Waals surface area contributed by atoms with Gasteiger partial charge in [-0.05, 0) is 74.0 Å². The maximum absolute atomic E-state index is 13.8. The summed E-state index contributed by atoms with van der Waals surface area (Å²) < 4.78 is 0. The quantitative estimate of drug-likeness (QED) is 0.728. The third-order valence-corrected chi connectivity index (χ3v) is 10.7. The first kappa shape index (κ1) is 20.7. The lowest BCUT2D eigenvalue weighted by Crippen LogP contribution is -2.59. The molecule has 5 rings (SSSR count). The fourth-order valence-corrected chi connectivity index (χ4v) is 9.39. The van der Waals surface area contributed by atoms with Gasteiger partial charge in [-0.2, -0.15) is 0 Å². The molecule has 0 aromatic carbocycles. The van der Waals surface area contributed by atoms with Gasteiger partial charge in [-0.25, -0.2) is 0 Å². The topological polar surface area (TPSA) is 83.5 Å². The lowest BCUT2D eigenvalue weighted by atomic mass is 9.39. The summed E-state index contributed by atoms with van der Waals surface area (Å²) in [5, 5.41) is 12.4. The number of ketones is 2. The fraction of sp³-hybridized carbons (Fsp3) is 0.880. The molecule has 4 aliphatic carbocycles. The van der Waals surface area contributed by atoms with Crippen LogP contribution in [0.3, 0.4) is 0 Å². The molecule has 5 fully saturated rings. The van der Waals surface area contributed by atoms with Crippen LogP contribution in [0, 0.1) is 39.4 Å². The number of hydrogen-bond acceptors (Lipinski definition) is 4. The largest absolute Gasteiger partial charge is 0.480 e. The number of carbonyl (C=O) groups excluding carboxylic acids is 2. The summed E-state index contributed by atoms with van der Waals surface area (Å²) in [6.45, 7) is 7.31. The van der Waals surface area contributed by atoms with Gasteiger partial charge in [0.2, 0.25) is 0 Å². The number of carbonyl (C=O) groups is 3. The van der Waals surface area contributed by atoms with Crippen molar-refractivity contribution in [3.8, 4) is 0 Å². The van der Waals surface area contributed by atoms with Crippen molar-refractivity contribution in [2.24, 2.45) is 39.4 Å². The van der Waals surface area contributed by atoms with Crippen molar-refractivity contribution in [3.05, 3.63) is 0 Å². The van der Waals surface area contributed by atoms with Gasteiger partial charge in [0.25, 0.3) is 0 Å². The molecule has 5 heteroatoms. The number of hydrogen-bond donors (Lipinski definition) is 2. The zero-order chi connectivity index (χ0) is 21.5. The molecule has 5 aliphatic rings. The van der Waals surface area contributed by atoms with Gasteiger partial charge in [0.15, 0.2) is 0 Å². The third-order valence-electron chi connectivity index (χ3n) is 10.7. The van der Waals surface area contributed by atoms with Crippen LogP contribution in [0.15, 0.2) is 0 Å². The second-order valence-electron chi connectivity index (χ2n) is 12.3. The molecule has 1 aliphatic heterocycles. The summed E-state index contributed by atoms with van der Waals surface area (Å²) in [6, 6.07) is -0.590. The van der Waals surface area contributed by atoms with Gasteiger partial charge in [-0.3, -0.25) is 14.4 Å². The Hall–Kier alpha value is -1.23. The van der Waals surface area contributed by atoms with Crippen molar-refractivity contribution in [1.29, 1.82) is 0 Å². The van der Waals surface area contributed by atoms with Crippen molar-refractivity contribution in [1.82, 2.24) is 5.32 Å². The summed E-state index contributed by atoms with van der Waals surface area (Å²) in [7, 11) is 0. The normalized spacial score (nSPS) is 52.6. The molecule has 4 saturated carbocycles. The number of nitrogens with one attached hydrogen (secondary N) is 1. The molecule has 5 nitrogen and oxygen atoms in total. The van der Waals surface area contributed by atoms with E-state index in [-0.39, 0.29) is 27.6 Å². The van der Waals surface area contributed by atoms with Gasteiger partial charge < -0.3 is 10.4 Å². The van der Waals surface area contributed by atoms with Crippen LogP contribution in [0.25, 0.3) is 0 Å². The van der Waals surface area contributed by atoms with E-state index in [2.05, 4.69) is 26.1 Å². The first-order valence-corrected chi connectivity index (χ1v) is 12.1. The predicted molar refractivity (Wildman–Crippen MR) is 113 cm³/mol. The highest BCUT2D eigenvalue weighted by Gasteiger charge is 2.68. The van der Waals surface area contributed by atoms with E-state index in [0.717, 1.165) is 51.4 Å². The van der Waals surface area contributed by atoms with Gasteiger partial charge in [-0.1, -0.05) is 27.2 Å². The number of carboxylic acid groups (broad SMARTS) is 1. The van der Waals surface area contributed by atoms with Crippen LogP contribution >= 0.6 is 0 Å². The van der Waals surface area contributed by atoms with Crippen LogP contribution in [0.1, 0.15) is 85.0 Å². The van der Waals surface area contributed by atoms with Crippen molar-refractivity contribution in [3.63, 3.8) is 0 Å². The average Bonchev–Trinajstić information content (AvgIpc) is 3.22. The van der Waals surface area contributed by atoms with Crippen LogP contribution in [0.4, 0.5) is 0 Å². The van der Waals surface area contributed by atoms with E-state index < -0.39 is 12.0 Å². The van der Waals surface area contributed by atoms with E-state index >= 15 is 0 Å². The summed E-state index contributed by atoms with van der Waals surface area (Å²) in [6.07, 6.45) is 9.67. The lowest BCUT2D eigenvalue weighted by molar-refractivity contribution is -0.171. The number of aliphatic carboxylic acids is 1. The Kier molecular flexibility index (Phi) is 4.41. The minimum atomic E-state index is -0.848. The second kappa shape index (κ2) is 6.40. The maximum Gasteiger partial charge on any atom is 0.320 e. The molecular weight excluding hydrogens is 378 g/mol. The molecular formula is C25H37NO4. The molecule has 0 aromatic heterocycles. The number of fused-ring (bicyclic) bond motifs is 3. The first-order valence-electron chi connectivity index (χ1n) is 12.1. The van der Waals surface area contributed by atoms with Crippen molar-refractivity contribution in [2.75, 3.05) is 6.54 Å². The Labute approximate surface area is 179 Å². The Balaban J connectivity index is 1.44. The highest BCUT2D eigenvalue weighted by molar-refractivity contribution is 5.90. The highest BCUT2D eigenvalue weighted by atomic mass is 16.4. The predicted octanol–water partition coefficient (Wildman–Crippen LogP) is 3.99. The molecule has 8 atom stereocenters. The van der Waals surface area contributed by atoms with E-state index in [0.29, 0.717) is 36.4 Å². The van der Waals surface area contributed by atoms with Crippen molar-refractivity contribution in [2.45, 2.75) is 91.0 Å². The van der Waals surface area contributed by atoms with Crippen LogP contribution in [0.2, 0.25) is 0 Å². The van der Waals surface area contributed by atoms with Gasteiger partial charge in [-0.15, -0.1) is 0 Å². The molecule has 1 spiro atoms. The summed E-state index contributed by atoms with van der Waals surface area (Å²) in [5.41, 5.74) is -0.183. The minimum absolute atomic E-state index is 0.102. The number of carboxylic acids is 1. The summed E-state index contributed by atoms with van der Waals surface area (Å²) >= 11 is 0. The molecule has 0 aromatic rings. The Morgan fingerprint density at radius 2 is 1.77 bits per heavy atom. The van der Waals surface area contributed by atoms with Crippen molar-refractivity contribution < 1.29 is 19.5 Å². The van der Waals surface area contributed by atoms with Gasteiger partial charge in [0.1, 0.15) is 17.6 Å². The third kappa shape index (κ3) is 2.59. The van der Waals surface area contributed by atoms with E-state index in [4.69, 9.17) is 0 Å². The van der Waals surface area contributed by atoms with Gasteiger partial charge in [0, 0.05) is 29.7 Å². The molecule has 1 saturated heterocycles. The SMILES string of the molecule is C[C@@]12CC[C@@H]3[C@@](CC[C@H]4[C@@]3(C)CCC[C@@]4(C)C(=O)[C@H]3CN[C@H](C(=O)O)C3)(CC1=O)C2. The standard InChI is InChI=1S/C25H37NO4/c1-22-9-5-18-23(2)7-4-8-24(3,20(28)15-11-16(21(29)30)26-13-15)17(23)6-10-25(18,14-22)12-19(22)27/h15-18,26H,4-14H2,1-3H3,(H,29,30)/t15-,16+,17+,18+,22+,23-,24-,25+/m1/s1. The smallest absolute Gasteiger partial charge is 0.320 e. The molecule has 166 valence electrons. The molecule has 2 N–H and O–H groups in total. The van der Waals surface area contributed by atoms with Crippen LogP contribution < -0.4 is 5.32 Å². The molecule has 1 heterocycles. The molecule has 0 amide bonds. The monoisotopic (exact) mass is 415 g/mol. The van der Waals surface area contributed by atoms with Crippen molar-refractivity contribution >= 4 is 17.5 Å². The zero-order valence-electron chi connectivity index (χ0n) is 18.8. The Morgan fingerprint density at radius 1 is 1.03 bits per heavy atom. The maximum atomic E-state index is 13.8. The lowest BCUT2D eigenvalue weighted by Gasteiger charge is -2.64. The number of rotatable bonds is 3. The molecule has 30 heavy (non-hydrogen) atoms. The average molecular weight is 416 g/mol. The van der Waals surface area contributed by atoms with E-state index in [1.807, 2.05) is 0 Å². The zero-order valence-corrected chi connectivity index (χ0v) is 18.8. The van der Waals surface area contributed by atoms with Crippen LogP contribution in [-0.2, 0) is 14.4 Å². The summed E-state index contributed by atoms with van der Waals surface area (Å²) in [5.74, 6) is 0.652. The van der Waals surface area contributed by atoms with Gasteiger partial charge in [0.05, 0.1) is 0 Å². The molecule has 0 radical (unpaired) electrons. The van der Waals surface area contributed by atoms with E-state index in [1.165, 1.54) is 6.42 Å². The minimum Gasteiger partial charge on any atom is -0.480 e. The molecule has 2 bridgehead atoms. The molecule has 0 unspecified atom stereocenters. The Bertz CT molecular complexity index is 809. The summed E-state index contributed by atoms with van der Waals surface area (Å²) in [4.78, 5) is 38.1. The van der Waals surface area contributed by atoms with E-state index in [9.17, 15) is 19.5 Å². The fourth-order valence-electron chi connectivity index (χ4n) is 9.39. The Morgan fingerprint density at radius 3 is 2.47 bits per heavy atom. The van der Waals surface area contributed by atoms with Gasteiger partial charge >= 0.3 is 5.97 Å². The van der Waals surface area contributed by atoms with Crippen LogP contribution in [-0.4, -0.2) is 35.2 Å². The van der Waals surface area contributed by atoms with Crippen LogP contribution in [0.5, 0.6) is 0 Å². The second-order valence-corrected chi connectivity index (χ2v) is 12.3. The first-order chi connectivity index (χ1) is 14.0.